The Morgan fingerprint density at radius 2 is 1.58 bits per heavy atom. The topological polar surface area (TPSA) is 0 Å². The molecule has 0 aromatic rings. The molecule has 2 heteroatoms. The molecule has 0 N–H and O–H groups in total. The van der Waals surface area contributed by atoms with Crippen LogP contribution in [0.4, 0.5) is 0 Å². The Hall–Kier alpha value is 0.913. The van der Waals surface area contributed by atoms with Gasteiger partial charge in [-0.2, -0.15) is 12.8 Å². The normalized spacial score (nSPS) is 19.8. The van der Waals surface area contributed by atoms with Gasteiger partial charge in [0.1, 0.15) is 0 Å². The van der Waals surface area contributed by atoms with Crippen molar-refractivity contribution in [3.8, 4) is 0 Å². The molecule has 0 radical (unpaired) electrons. The molecule has 12 heavy (non-hydrogen) atoms. The first-order valence-corrected chi connectivity index (χ1v) is 8.59. The summed E-state index contributed by atoms with van der Waals surface area (Å²) in [7, 11) is 4.76. The molecular formula is C10H19ClZn. The number of hydrogen-bond donors (Lipinski definition) is 0. The molecule has 1 rings (SSSR count). The van der Waals surface area contributed by atoms with E-state index in [4.69, 9.17) is 9.69 Å². The summed E-state index contributed by atoms with van der Waals surface area (Å²) < 4.78 is 0. The van der Waals surface area contributed by atoms with Gasteiger partial charge in [0.25, 0.3) is 0 Å². The molecule has 0 aromatic heterocycles. The first-order chi connectivity index (χ1) is 5.61. The zero-order chi connectivity index (χ0) is 9.61. The first kappa shape index (κ1) is 12.9. The van der Waals surface area contributed by atoms with Crippen molar-refractivity contribution in [3.63, 3.8) is 0 Å². The SMILES string of the molecule is CC(C)(C)C1CC[CH-]CC1.[Cl][Zn+]. The van der Waals surface area contributed by atoms with Crippen LogP contribution in [0, 0.1) is 17.8 Å². The molecule has 0 nitrogen and oxygen atoms in total. The minimum atomic E-state index is 0.550. The Bertz CT molecular complexity index is 101. The maximum absolute atomic E-state index is 4.76. The van der Waals surface area contributed by atoms with Gasteiger partial charge in [-0.1, -0.05) is 33.6 Å². The van der Waals surface area contributed by atoms with Crippen molar-refractivity contribution in [2.24, 2.45) is 11.3 Å². The predicted octanol–water partition coefficient (Wildman–Crippen LogP) is 4.11. The summed E-state index contributed by atoms with van der Waals surface area (Å²) in [6.45, 7) is 7.09. The molecule has 0 aliphatic heterocycles. The first-order valence-electron chi connectivity index (χ1n) is 4.69. The van der Waals surface area contributed by atoms with Crippen molar-refractivity contribution >= 4 is 9.69 Å². The zero-order valence-electron chi connectivity index (χ0n) is 8.57. The van der Waals surface area contributed by atoms with Gasteiger partial charge in [0.05, 0.1) is 0 Å². The van der Waals surface area contributed by atoms with E-state index in [0.29, 0.717) is 5.41 Å². The van der Waals surface area contributed by atoms with E-state index in [1.54, 1.807) is 0 Å². The van der Waals surface area contributed by atoms with Crippen LogP contribution in [0.25, 0.3) is 0 Å². The van der Waals surface area contributed by atoms with Crippen LogP contribution in [0.15, 0.2) is 0 Å². The van der Waals surface area contributed by atoms with Crippen LogP contribution in [0.5, 0.6) is 0 Å². The molecule has 0 unspecified atom stereocenters. The fourth-order valence-corrected chi connectivity index (χ4v) is 1.79. The van der Waals surface area contributed by atoms with Crippen LogP contribution in [0.3, 0.4) is 0 Å². The van der Waals surface area contributed by atoms with Crippen molar-refractivity contribution in [2.75, 3.05) is 0 Å². The molecule has 1 aliphatic rings. The molecule has 0 heterocycles. The third kappa shape index (κ3) is 4.82. The van der Waals surface area contributed by atoms with Crippen LogP contribution in [-0.4, -0.2) is 0 Å². The summed E-state index contributed by atoms with van der Waals surface area (Å²) in [5, 5.41) is 0. The molecule has 0 amide bonds. The van der Waals surface area contributed by atoms with Gasteiger partial charge in [0, 0.05) is 0 Å². The Balaban J connectivity index is 0.000000561. The van der Waals surface area contributed by atoms with Crippen molar-refractivity contribution in [1.82, 2.24) is 0 Å². The molecule has 0 saturated heterocycles. The fourth-order valence-electron chi connectivity index (χ4n) is 1.79. The van der Waals surface area contributed by atoms with Gasteiger partial charge in [-0.25, -0.2) is 0 Å². The van der Waals surface area contributed by atoms with E-state index >= 15 is 0 Å². The van der Waals surface area contributed by atoms with Crippen LogP contribution in [0.1, 0.15) is 46.5 Å². The standard InChI is InChI=1S/C10H19.ClH.Zn/c1-10(2,3)9-7-5-4-6-8-9;;/h4,9H,5-8H2,1-3H3;1H;/q-1;;+2/p-1. The molecular weight excluding hydrogens is 221 g/mol. The molecule has 1 fully saturated rings. The van der Waals surface area contributed by atoms with E-state index in [1.165, 1.54) is 25.7 Å². The van der Waals surface area contributed by atoms with E-state index in [9.17, 15) is 0 Å². The van der Waals surface area contributed by atoms with Gasteiger partial charge >= 0.3 is 27.0 Å². The molecule has 1 saturated carbocycles. The summed E-state index contributed by atoms with van der Waals surface area (Å²) >= 11 is 0.847. The van der Waals surface area contributed by atoms with Crippen molar-refractivity contribution in [1.29, 1.82) is 0 Å². The second kappa shape index (κ2) is 6.38. The van der Waals surface area contributed by atoms with Gasteiger partial charge in [-0.3, -0.25) is 0 Å². The van der Waals surface area contributed by atoms with Gasteiger partial charge in [-0.15, -0.1) is 0 Å². The molecule has 0 aromatic carbocycles. The molecule has 0 atom stereocenters. The van der Waals surface area contributed by atoms with E-state index < -0.39 is 0 Å². The monoisotopic (exact) mass is 238 g/mol. The Kier molecular flexibility index (Phi) is 6.87. The second-order valence-corrected chi connectivity index (χ2v) is 4.51. The van der Waals surface area contributed by atoms with E-state index in [1.807, 2.05) is 0 Å². The van der Waals surface area contributed by atoms with Crippen LogP contribution >= 0.6 is 9.69 Å². The quantitative estimate of drug-likeness (QED) is 0.441. The van der Waals surface area contributed by atoms with E-state index in [0.717, 1.165) is 23.2 Å². The Morgan fingerprint density at radius 1 is 1.17 bits per heavy atom. The average molecular weight is 240 g/mol. The van der Waals surface area contributed by atoms with Crippen LogP contribution in [0.2, 0.25) is 0 Å². The van der Waals surface area contributed by atoms with Crippen molar-refractivity contribution in [2.45, 2.75) is 46.5 Å². The molecule has 0 spiro atoms. The summed E-state index contributed by atoms with van der Waals surface area (Å²) in [6, 6.07) is 0. The Labute approximate surface area is 91.2 Å². The second-order valence-electron chi connectivity index (χ2n) is 4.51. The van der Waals surface area contributed by atoms with Gasteiger partial charge in [-0.05, 0) is 11.3 Å². The van der Waals surface area contributed by atoms with Crippen molar-refractivity contribution < 1.29 is 17.3 Å². The van der Waals surface area contributed by atoms with Gasteiger partial charge in [0.2, 0.25) is 0 Å². The number of halogens is 1. The third-order valence-corrected chi connectivity index (χ3v) is 2.66. The van der Waals surface area contributed by atoms with Gasteiger partial charge < -0.3 is 6.42 Å². The molecule has 68 valence electrons. The molecule has 0 bridgehead atoms. The maximum atomic E-state index is 4.76. The summed E-state index contributed by atoms with van der Waals surface area (Å²) in [5.41, 5.74) is 0.550. The summed E-state index contributed by atoms with van der Waals surface area (Å²) in [4.78, 5) is 0. The number of hydrogen-bond acceptors (Lipinski definition) is 0. The fraction of sp³-hybridized carbons (Fsp3) is 0.900. The average Bonchev–Trinajstić information content (AvgIpc) is 2.08. The van der Waals surface area contributed by atoms with Crippen LogP contribution in [-0.2, 0) is 17.3 Å². The summed E-state index contributed by atoms with van der Waals surface area (Å²) in [6.07, 6.45) is 7.97. The van der Waals surface area contributed by atoms with Crippen LogP contribution < -0.4 is 0 Å². The number of rotatable bonds is 0. The molecule has 1 aliphatic carbocycles. The Morgan fingerprint density at radius 3 is 1.83 bits per heavy atom. The summed E-state index contributed by atoms with van der Waals surface area (Å²) in [5.74, 6) is 0.970. The van der Waals surface area contributed by atoms with E-state index in [2.05, 4.69) is 27.2 Å². The van der Waals surface area contributed by atoms with Crippen molar-refractivity contribution in [3.05, 3.63) is 6.42 Å². The van der Waals surface area contributed by atoms with Gasteiger partial charge in [0.15, 0.2) is 0 Å². The zero-order valence-corrected chi connectivity index (χ0v) is 12.3. The third-order valence-electron chi connectivity index (χ3n) is 2.66. The minimum absolute atomic E-state index is 0.550. The van der Waals surface area contributed by atoms with E-state index in [-0.39, 0.29) is 0 Å². The predicted molar refractivity (Wildman–Crippen MR) is 51.6 cm³/mol.